The van der Waals surface area contributed by atoms with Crippen LogP contribution in [-0.4, -0.2) is 34.2 Å². The van der Waals surface area contributed by atoms with Gasteiger partial charge in [0.05, 0.1) is 19.3 Å². The van der Waals surface area contributed by atoms with Gasteiger partial charge < -0.3 is 19.2 Å². The van der Waals surface area contributed by atoms with E-state index >= 15 is 0 Å². The maximum Gasteiger partial charge on any atom is 0.407 e. The van der Waals surface area contributed by atoms with E-state index in [9.17, 15) is 9.59 Å². The maximum absolute atomic E-state index is 11.8. The van der Waals surface area contributed by atoms with Crippen molar-refractivity contribution >= 4 is 17.7 Å². The van der Waals surface area contributed by atoms with E-state index in [4.69, 9.17) is 9.47 Å². The smallest absolute Gasteiger partial charge is 0.407 e. The molecule has 0 spiro atoms. The first kappa shape index (κ1) is 15.8. The molecule has 0 aromatic carbocycles. The minimum atomic E-state index is -0.589. The first-order chi connectivity index (χ1) is 10.3. The van der Waals surface area contributed by atoms with Crippen LogP contribution in [0.1, 0.15) is 37.0 Å². The third kappa shape index (κ3) is 3.55. The van der Waals surface area contributed by atoms with Crippen LogP contribution in [0, 0.1) is 0 Å². The Morgan fingerprint density at radius 1 is 1.32 bits per heavy atom. The van der Waals surface area contributed by atoms with E-state index in [-0.39, 0.29) is 12.2 Å². The van der Waals surface area contributed by atoms with Gasteiger partial charge in [-0.15, -0.1) is 0 Å². The van der Waals surface area contributed by atoms with Crippen LogP contribution in [0.25, 0.3) is 5.65 Å². The highest BCUT2D eigenvalue weighted by Gasteiger charge is 2.21. The Hall–Kier alpha value is -2.57. The molecule has 0 aliphatic rings. The number of alkyl carbamates (subject to hydrolysis) is 1. The molecule has 1 N–H and O–H groups in total. The molecule has 1 amide bonds. The summed E-state index contributed by atoms with van der Waals surface area (Å²) in [6, 6.07) is 5.39. The lowest BCUT2D eigenvalue weighted by Crippen LogP contribution is -2.32. The van der Waals surface area contributed by atoms with Crippen molar-refractivity contribution in [1.29, 1.82) is 0 Å². The average molecular weight is 305 g/mol. The van der Waals surface area contributed by atoms with Crippen molar-refractivity contribution < 1.29 is 19.1 Å². The fraction of sp³-hybridized carbons (Fsp3) is 0.400. The molecule has 0 atom stereocenters. The van der Waals surface area contributed by atoms with Crippen molar-refractivity contribution in [2.24, 2.45) is 0 Å². The largest absolute Gasteiger partial charge is 0.464 e. The van der Waals surface area contributed by atoms with Crippen LogP contribution in [0.5, 0.6) is 0 Å². The number of pyridine rings is 1. The molecule has 0 bridgehead atoms. The lowest BCUT2D eigenvalue weighted by Gasteiger charge is -2.19. The van der Waals surface area contributed by atoms with Crippen LogP contribution in [0.15, 0.2) is 24.4 Å². The van der Waals surface area contributed by atoms with Crippen LogP contribution in [0.2, 0.25) is 0 Å². The molecule has 0 aliphatic carbocycles. The minimum absolute atomic E-state index is 0.102. The van der Waals surface area contributed by atoms with Crippen molar-refractivity contribution in [2.45, 2.75) is 32.9 Å². The molecule has 2 rings (SSSR count). The van der Waals surface area contributed by atoms with Crippen LogP contribution in [0.4, 0.5) is 4.79 Å². The van der Waals surface area contributed by atoms with Gasteiger partial charge >= 0.3 is 12.1 Å². The van der Waals surface area contributed by atoms with Crippen molar-refractivity contribution in [3.63, 3.8) is 0 Å². The molecule has 22 heavy (non-hydrogen) atoms. The molecule has 2 heterocycles. The fourth-order valence-corrected chi connectivity index (χ4v) is 1.95. The van der Waals surface area contributed by atoms with Gasteiger partial charge in [0.25, 0.3) is 0 Å². The summed E-state index contributed by atoms with van der Waals surface area (Å²) in [7, 11) is 1.29. The van der Waals surface area contributed by atoms with Crippen molar-refractivity contribution in [1.82, 2.24) is 14.7 Å². The van der Waals surface area contributed by atoms with Crippen molar-refractivity contribution in [2.75, 3.05) is 7.11 Å². The Morgan fingerprint density at radius 3 is 2.68 bits per heavy atom. The number of rotatable bonds is 3. The molecule has 2 aromatic heterocycles. The van der Waals surface area contributed by atoms with Gasteiger partial charge in [0.1, 0.15) is 11.2 Å². The number of amides is 1. The molecule has 7 nitrogen and oxygen atoms in total. The highest BCUT2D eigenvalue weighted by Crippen LogP contribution is 2.14. The molecule has 0 unspecified atom stereocenters. The van der Waals surface area contributed by atoms with Gasteiger partial charge in [0, 0.05) is 6.20 Å². The lowest BCUT2D eigenvalue weighted by atomic mass is 10.2. The third-order valence-corrected chi connectivity index (χ3v) is 2.81. The summed E-state index contributed by atoms with van der Waals surface area (Å²) in [4.78, 5) is 27.8. The van der Waals surface area contributed by atoms with E-state index in [0.717, 1.165) is 0 Å². The molecule has 0 aliphatic heterocycles. The zero-order chi connectivity index (χ0) is 16.3. The number of methoxy groups -OCH3 is 1. The van der Waals surface area contributed by atoms with Crippen LogP contribution in [0.3, 0.4) is 0 Å². The summed E-state index contributed by atoms with van der Waals surface area (Å²) in [6.07, 6.45) is 1.20. The number of esters is 1. The van der Waals surface area contributed by atoms with Crippen LogP contribution < -0.4 is 5.32 Å². The normalized spacial score (nSPS) is 11.3. The van der Waals surface area contributed by atoms with Crippen molar-refractivity contribution in [3.05, 3.63) is 35.8 Å². The van der Waals surface area contributed by atoms with Gasteiger partial charge in [-0.05, 0) is 32.9 Å². The van der Waals surface area contributed by atoms with Gasteiger partial charge in [-0.1, -0.05) is 6.07 Å². The molecule has 0 saturated carbocycles. The Balaban J connectivity index is 2.25. The number of carbonyl (C=O) groups is 2. The number of hydrogen-bond acceptors (Lipinski definition) is 5. The minimum Gasteiger partial charge on any atom is -0.464 e. The molecular weight excluding hydrogens is 286 g/mol. The number of nitrogens with one attached hydrogen (secondary N) is 1. The molecular formula is C15H19N3O4. The summed E-state index contributed by atoms with van der Waals surface area (Å²) >= 11 is 0. The predicted molar refractivity (Wildman–Crippen MR) is 79.6 cm³/mol. The van der Waals surface area contributed by atoms with Gasteiger partial charge in [0.2, 0.25) is 0 Å². The summed E-state index contributed by atoms with van der Waals surface area (Å²) in [6.45, 7) is 5.44. The number of ether oxygens (including phenoxy) is 2. The maximum atomic E-state index is 11.8. The zero-order valence-corrected chi connectivity index (χ0v) is 13.0. The first-order valence-electron chi connectivity index (χ1n) is 6.83. The molecule has 7 heteroatoms. The average Bonchev–Trinajstić information content (AvgIpc) is 2.81. The zero-order valence-electron chi connectivity index (χ0n) is 13.0. The Kier molecular flexibility index (Phi) is 4.35. The second kappa shape index (κ2) is 6.05. The lowest BCUT2D eigenvalue weighted by molar-refractivity contribution is 0.0516. The number of imidazole rings is 1. The summed E-state index contributed by atoms with van der Waals surface area (Å²) in [5, 5.41) is 2.62. The molecule has 118 valence electrons. The molecule has 0 radical (unpaired) electrons. The van der Waals surface area contributed by atoms with E-state index in [2.05, 4.69) is 10.3 Å². The van der Waals surface area contributed by atoms with E-state index in [1.165, 1.54) is 7.11 Å². The molecule has 0 saturated heterocycles. The number of aromatic nitrogens is 2. The summed E-state index contributed by atoms with van der Waals surface area (Å²) in [5.74, 6) is -0.551. The summed E-state index contributed by atoms with van der Waals surface area (Å²) in [5.41, 5.74) is 0.719. The SMILES string of the molecule is COC(=O)c1nc2ccccn2c1CNC(=O)OC(C)(C)C. The second-order valence-electron chi connectivity index (χ2n) is 5.68. The van der Waals surface area contributed by atoms with Gasteiger partial charge in [-0.25, -0.2) is 14.6 Å². The highest BCUT2D eigenvalue weighted by atomic mass is 16.6. The number of carbonyl (C=O) groups excluding carboxylic acids is 2. The van der Waals surface area contributed by atoms with Crippen molar-refractivity contribution in [3.8, 4) is 0 Å². The molecule has 2 aromatic rings. The highest BCUT2D eigenvalue weighted by molar-refractivity contribution is 5.89. The first-order valence-corrected chi connectivity index (χ1v) is 6.83. The predicted octanol–water partition coefficient (Wildman–Crippen LogP) is 2.15. The van der Waals surface area contributed by atoms with Gasteiger partial charge in [-0.2, -0.15) is 0 Å². The van der Waals surface area contributed by atoms with E-state index in [1.807, 2.05) is 12.1 Å². The third-order valence-electron chi connectivity index (χ3n) is 2.81. The number of hydrogen-bond donors (Lipinski definition) is 1. The Bertz CT molecular complexity index is 700. The van der Waals surface area contributed by atoms with E-state index in [0.29, 0.717) is 11.3 Å². The van der Waals surface area contributed by atoms with Gasteiger partial charge in [-0.3, -0.25) is 0 Å². The monoisotopic (exact) mass is 305 g/mol. The fourth-order valence-electron chi connectivity index (χ4n) is 1.95. The standard InChI is InChI=1S/C15H19N3O4/c1-15(2,3)22-14(20)16-9-10-12(13(19)21-4)17-11-7-5-6-8-18(10)11/h5-8H,9H2,1-4H3,(H,16,20). The van der Waals surface area contributed by atoms with Gasteiger partial charge in [0.15, 0.2) is 5.69 Å². The summed E-state index contributed by atoms with van der Waals surface area (Å²) < 4.78 is 11.6. The number of fused-ring (bicyclic) bond motifs is 1. The van der Waals surface area contributed by atoms with Crippen LogP contribution in [-0.2, 0) is 16.0 Å². The Morgan fingerprint density at radius 2 is 2.05 bits per heavy atom. The molecule has 0 fully saturated rings. The second-order valence-corrected chi connectivity index (χ2v) is 5.68. The quantitative estimate of drug-likeness (QED) is 0.879. The number of nitrogens with zero attached hydrogens (tertiary/aromatic N) is 2. The van der Waals surface area contributed by atoms with E-state index < -0.39 is 17.7 Å². The van der Waals surface area contributed by atoms with Crippen LogP contribution >= 0.6 is 0 Å². The Labute approximate surface area is 128 Å². The van der Waals surface area contributed by atoms with E-state index in [1.54, 1.807) is 37.4 Å². The topological polar surface area (TPSA) is 81.9 Å².